The van der Waals surface area contributed by atoms with Crippen LogP contribution in [0.4, 0.5) is 5.69 Å². The lowest BCUT2D eigenvalue weighted by Gasteiger charge is -2.16. The van der Waals surface area contributed by atoms with Gasteiger partial charge < -0.3 is 4.90 Å². The van der Waals surface area contributed by atoms with Crippen LogP contribution >= 0.6 is 15.9 Å². The summed E-state index contributed by atoms with van der Waals surface area (Å²) in [5.41, 5.74) is 2.34. The first kappa shape index (κ1) is 15.7. The molecule has 1 aliphatic heterocycles. The summed E-state index contributed by atoms with van der Waals surface area (Å²) >= 11 is 3.46. The molecular formula is C19H16BrNO2. The molecule has 3 nitrogen and oxygen atoms in total. The van der Waals surface area contributed by atoms with Crippen molar-refractivity contribution in [2.75, 3.05) is 11.4 Å². The van der Waals surface area contributed by atoms with Crippen molar-refractivity contribution in [1.82, 2.24) is 0 Å². The maximum atomic E-state index is 12.4. The lowest BCUT2D eigenvalue weighted by Crippen LogP contribution is -2.23. The van der Waals surface area contributed by atoms with Crippen LogP contribution in [-0.2, 0) is 4.79 Å². The van der Waals surface area contributed by atoms with E-state index in [0.717, 1.165) is 28.7 Å². The maximum absolute atomic E-state index is 12.4. The highest BCUT2D eigenvalue weighted by atomic mass is 79.9. The Bertz CT molecular complexity index is 782. The van der Waals surface area contributed by atoms with Gasteiger partial charge in [-0.05, 0) is 42.3 Å². The standard InChI is InChI=1S/C19H16BrNO2/c20-17-8-2-1-5-14(17)10-11-18(22)15-6-3-7-16(13-15)21-12-4-9-19(21)23/h1-3,5-8,10-11,13H,4,9,12H2. The quantitative estimate of drug-likeness (QED) is 0.588. The van der Waals surface area contributed by atoms with Crippen LogP contribution in [0, 0.1) is 0 Å². The summed E-state index contributed by atoms with van der Waals surface area (Å²) in [6.07, 6.45) is 4.81. The molecule has 2 aromatic carbocycles. The predicted molar refractivity (Wildman–Crippen MR) is 95.5 cm³/mol. The fourth-order valence-corrected chi connectivity index (χ4v) is 3.04. The molecule has 0 N–H and O–H groups in total. The number of hydrogen-bond acceptors (Lipinski definition) is 2. The maximum Gasteiger partial charge on any atom is 0.227 e. The van der Waals surface area contributed by atoms with Gasteiger partial charge in [0, 0.05) is 28.7 Å². The van der Waals surface area contributed by atoms with Crippen molar-refractivity contribution < 1.29 is 9.59 Å². The minimum absolute atomic E-state index is 0.0748. The van der Waals surface area contributed by atoms with Crippen molar-refractivity contribution in [2.45, 2.75) is 12.8 Å². The Kier molecular flexibility index (Phi) is 4.72. The molecule has 0 radical (unpaired) electrons. The van der Waals surface area contributed by atoms with Crippen molar-refractivity contribution in [1.29, 1.82) is 0 Å². The Labute approximate surface area is 143 Å². The number of carbonyl (C=O) groups excluding carboxylic acids is 2. The van der Waals surface area contributed by atoms with Crippen LogP contribution in [0.3, 0.4) is 0 Å². The number of benzene rings is 2. The molecule has 0 spiro atoms. The number of rotatable bonds is 4. The van der Waals surface area contributed by atoms with Gasteiger partial charge in [0.05, 0.1) is 0 Å². The average molecular weight is 370 g/mol. The van der Waals surface area contributed by atoms with Gasteiger partial charge in [0.1, 0.15) is 0 Å². The van der Waals surface area contributed by atoms with Crippen LogP contribution in [0.15, 0.2) is 59.1 Å². The van der Waals surface area contributed by atoms with Gasteiger partial charge in [-0.1, -0.05) is 46.3 Å². The minimum Gasteiger partial charge on any atom is -0.312 e. The predicted octanol–water partition coefficient (Wildman–Crippen LogP) is 4.47. The van der Waals surface area contributed by atoms with Crippen LogP contribution in [0.5, 0.6) is 0 Å². The Hall–Kier alpha value is -2.20. The van der Waals surface area contributed by atoms with Gasteiger partial charge in [0.15, 0.2) is 5.78 Å². The molecule has 0 aromatic heterocycles. The van der Waals surface area contributed by atoms with Crippen LogP contribution in [0.2, 0.25) is 0 Å². The number of allylic oxidation sites excluding steroid dienone is 1. The zero-order chi connectivity index (χ0) is 16.2. The van der Waals surface area contributed by atoms with Crippen LogP contribution < -0.4 is 4.90 Å². The highest BCUT2D eigenvalue weighted by Crippen LogP contribution is 2.23. The molecule has 1 aliphatic rings. The van der Waals surface area contributed by atoms with Crippen molar-refractivity contribution in [3.05, 3.63) is 70.2 Å². The highest BCUT2D eigenvalue weighted by molar-refractivity contribution is 9.10. The van der Waals surface area contributed by atoms with Gasteiger partial charge in [0.2, 0.25) is 5.91 Å². The lowest BCUT2D eigenvalue weighted by atomic mass is 10.1. The second kappa shape index (κ2) is 6.92. The summed E-state index contributed by atoms with van der Waals surface area (Å²) < 4.78 is 0.945. The van der Waals surface area contributed by atoms with Gasteiger partial charge in [-0.2, -0.15) is 0 Å². The SMILES string of the molecule is O=C(C=Cc1ccccc1Br)c1cccc(N2CCCC2=O)c1. The first-order chi connectivity index (χ1) is 11.1. The summed E-state index contributed by atoms with van der Waals surface area (Å²) in [6, 6.07) is 15.0. The molecule has 1 amide bonds. The molecule has 2 aromatic rings. The second-order valence-corrected chi connectivity index (χ2v) is 6.27. The molecule has 116 valence electrons. The number of ketones is 1. The zero-order valence-electron chi connectivity index (χ0n) is 12.5. The normalized spacial score (nSPS) is 14.7. The lowest BCUT2D eigenvalue weighted by molar-refractivity contribution is -0.117. The molecular weight excluding hydrogens is 354 g/mol. The summed E-state index contributed by atoms with van der Waals surface area (Å²) in [6.45, 7) is 0.725. The minimum atomic E-state index is -0.0748. The van der Waals surface area contributed by atoms with Gasteiger partial charge in [-0.25, -0.2) is 0 Å². The second-order valence-electron chi connectivity index (χ2n) is 5.42. The fraction of sp³-hybridized carbons (Fsp3) is 0.158. The topological polar surface area (TPSA) is 37.4 Å². The molecule has 0 aliphatic carbocycles. The largest absolute Gasteiger partial charge is 0.312 e. The molecule has 0 atom stereocenters. The number of nitrogens with zero attached hydrogens (tertiary/aromatic N) is 1. The van der Waals surface area contributed by atoms with Gasteiger partial charge >= 0.3 is 0 Å². The average Bonchev–Trinajstić information content (AvgIpc) is 3.00. The molecule has 4 heteroatoms. The van der Waals surface area contributed by atoms with E-state index in [1.54, 1.807) is 29.2 Å². The molecule has 1 heterocycles. The molecule has 0 saturated carbocycles. The molecule has 1 fully saturated rings. The van der Waals surface area contributed by atoms with Crippen LogP contribution in [0.1, 0.15) is 28.8 Å². The number of hydrogen-bond donors (Lipinski definition) is 0. The summed E-state index contributed by atoms with van der Waals surface area (Å²) in [5.74, 6) is 0.0487. The third kappa shape index (κ3) is 3.59. The van der Waals surface area contributed by atoms with Gasteiger partial charge in [-0.3, -0.25) is 9.59 Å². The third-order valence-corrected chi connectivity index (χ3v) is 4.56. The first-order valence-electron chi connectivity index (χ1n) is 7.52. The number of halogens is 1. The summed E-state index contributed by atoms with van der Waals surface area (Å²) in [5, 5.41) is 0. The molecule has 3 rings (SSSR count). The zero-order valence-corrected chi connectivity index (χ0v) is 14.1. The van der Waals surface area contributed by atoms with E-state index >= 15 is 0 Å². The number of carbonyl (C=O) groups is 2. The van der Waals surface area contributed by atoms with E-state index in [1.165, 1.54) is 0 Å². The van der Waals surface area contributed by atoms with Crippen molar-refractivity contribution in [2.24, 2.45) is 0 Å². The Morgan fingerprint density at radius 2 is 1.96 bits per heavy atom. The highest BCUT2D eigenvalue weighted by Gasteiger charge is 2.21. The van der Waals surface area contributed by atoms with E-state index in [-0.39, 0.29) is 11.7 Å². The number of amides is 1. The monoisotopic (exact) mass is 369 g/mol. The molecule has 1 saturated heterocycles. The van der Waals surface area contributed by atoms with E-state index in [1.807, 2.05) is 36.4 Å². The molecule has 0 bridgehead atoms. The van der Waals surface area contributed by atoms with E-state index in [2.05, 4.69) is 15.9 Å². The summed E-state index contributed by atoms with van der Waals surface area (Å²) in [4.78, 5) is 25.9. The van der Waals surface area contributed by atoms with Gasteiger partial charge in [-0.15, -0.1) is 0 Å². The van der Waals surface area contributed by atoms with E-state index in [4.69, 9.17) is 0 Å². The van der Waals surface area contributed by atoms with Crippen LogP contribution in [-0.4, -0.2) is 18.2 Å². The Balaban J connectivity index is 1.80. The van der Waals surface area contributed by atoms with Crippen molar-refractivity contribution in [3.8, 4) is 0 Å². The van der Waals surface area contributed by atoms with Crippen molar-refractivity contribution >= 4 is 39.4 Å². The van der Waals surface area contributed by atoms with E-state index in [9.17, 15) is 9.59 Å². The van der Waals surface area contributed by atoms with E-state index in [0.29, 0.717) is 12.0 Å². The van der Waals surface area contributed by atoms with Crippen molar-refractivity contribution in [3.63, 3.8) is 0 Å². The number of anilines is 1. The fourth-order valence-electron chi connectivity index (χ4n) is 2.62. The molecule has 23 heavy (non-hydrogen) atoms. The third-order valence-electron chi connectivity index (χ3n) is 3.84. The summed E-state index contributed by atoms with van der Waals surface area (Å²) in [7, 11) is 0. The first-order valence-corrected chi connectivity index (χ1v) is 8.32. The van der Waals surface area contributed by atoms with Crippen LogP contribution in [0.25, 0.3) is 6.08 Å². The Morgan fingerprint density at radius 3 is 2.70 bits per heavy atom. The van der Waals surface area contributed by atoms with Gasteiger partial charge in [0.25, 0.3) is 0 Å². The smallest absolute Gasteiger partial charge is 0.227 e. The Morgan fingerprint density at radius 1 is 1.13 bits per heavy atom. The molecule has 0 unspecified atom stereocenters. The van der Waals surface area contributed by atoms with E-state index < -0.39 is 0 Å².